The number of ether oxygens (including phenoxy) is 1. The number of benzene rings is 1. The van der Waals surface area contributed by atoms with Crippen LogP contribution in [0.2, 0.25) is 5.02 Å². The normalized spacial score (nSPS) is 14.5. The number of hydrogen-bond donors (Lipinski definition) is 1. The second kappa shape index (κ2) is 9.18. The van der Waals surface area contributed by atoms with Gasteiger partial charge in [-0.15, -0.1) is 11.3 Å². The minimum absolute atomic E-state index is 0.0359. The minimum Gasteiger partial charge on any atom is -0.378 e. The van der Waals surface area contributed by atoms with Crippen LogP contribution in [0.15, 0.2) is 40.7 Å². The molecule has 1 N–H and O–H groups in total. The number of thiazole rings is 1. The van der Waals surface area contributed by atoms with Crippen LogP contribution in [0.5, 0.6) is 0 Å². The van der Waals surface area contributed by atoms with E-state index in [2.05, 4.69) is 9.71 Å². The van der Waals surface area contributed by atoms with Crippen molar-refractivity contribution >= 4 is 44.6 Å². The summed E-state index contributed by atoms with van der Waals surface area (Å²) in [6.45, 7) is 3.72. The van der Waals surface area contributed by atoms with Gasteiger partial charge in [0, 0.05) is 30.4 Å². The lowest BCUT2D eigenvalue weighted by atomic mass is 10.3. The summed E-state index contributed by atoms with van der Waals surface area (Å²) in [6.07, 6.45) is 1.40. The summed E-state index contributed by atoms with van der Waals surface area (Å²) < 4.78 is 48.7. The summed E-state index contributed by atoms with van der Waals surface area (Å²) in [4.78, 5) is 18.9. The Morgan fingerprint density at radius 3 is 2.72 bits per heavy atom. The van der Waals surface area contributed by atoms with Gasteiger partial charge in [0.1, 0.15) is 22.3 Å². The SMILES string of the molecule is Cc1csc(-c2cc(S(=O)(=O)Nc3ccc(F)c(Cl)c3)cn2CC(=O)N2CCOCC2)n1. The maximum absolute atomic E-state index is 13.4. The van der Waals surface area contributed by atoms with E-state index in [-0.39, 0.29) is 28.1 Å². The number of sulfonamides is 1. The zero-order chi connectivity index (χ0) is 22.9. The summed E-state index contributed by atoms with van der Waals surface area (Å²) in [6, 6.07) is 5.02. The van der Waals surface area contributed by atoms with Crippen molar-refractivity contribution in [2.75, 3.05) is 31.0 Å². The number of carbonyl (C=O) groups is 1. The van der Waals surface area contributed by atoms with E-state index in [1.807, 2.05) is 12.3 Å². The van der Waals surface area contributed by atoms with E-state index in [1.165, 1.54) is 35.7 Å². The van der Waals surface area contributed by atoms with Crippen LogP contribution in [0.4, 0.5) is 10.1 Å². The van der Waals surface area contributed by atoms with Gasteiger partial charge in [-0.3, -0.25) is 9.52 Å². The van der Waals surface area contributed by atoms with Gasteiger partial charge < -0.3 is 14.2 Å². The van der Waals surface area contributed by atoms with Gasteiger partial charge in [0.05, 0.1) is 29.6 Å². The van der Waals surface area contributed by atoms with Gasteiger partial charge in [-0.05, 0) is 31.2 Å². The number of halogens is 2. The van der Waals surface area contributed by atoms with Gasteiger partial charge in [0.2, 0.25) is 5.91 Å². The third-order valence-electron chi connectivity index (χ3n) is 4.86. The maximum atomic E-state index is 13.4. The van der Waals surface area contributed by atoms with Gasteiger partial charge in [-0.1, -0.05) is 11.6 Å². The predicted octanol–water partition coefficient (Wildman–Crippen LogP) is 3.37. The molecule has 0 aliphatic carbocycles. The average Bonchev–Trinajstić information content (AvgIpc) is 3.38. The number of amides is 1. The Kier molecular flexibility index (Phi) is 6.52. The third-order valence-corrected chi connectivity index (χ3v) is 7.48. The summed E-state index contributed by atoms with van der Waals surface area (Å²) in [5.74, 6) is -0.788. The quantitative estimate of drug-likeness (QED) is 0.562. The van der Waals surface area contributed by atoms with Gasteiger partial charge in [-0.2, -0.15) is 0 Å². The fraction of sp³-hybridized carbons (Fsp3) is 0.300. The Bertz CT molecular complexity index is 1250. The number of aromatic nitrogens is 2. The molecule has 3 heterocycles. The number of aryl methyl sites for hydroxylation is 1. The zero-order valence-electron chi connectivity index (χ0n) is 17.0. The van der Waals surface area contributed by atoms with Crippen molar-refractivity contribution in [1.29, 1.82) is 0 Å². The summed E-state index contributed by atoms with van der Waals surface area (Å²) in [5, 5.41) is 2.25. The minimum atomic E-state index is -4.03. The van der Waals surface area contributed by atoms with E-state index in [0.717, 1.165) is 11.8 Å². The molecule has 1 aliphatic heterocycles. The van der Waals surface area contributed by atoms with E-state index in [1.54, 1.807) is 9.47 Å². The number of hydrogen-bond acceptors (Lipinski definition) is 6. The maximum Gasteiger partial charge on any atom is 0.263 e. The highest BCUT2D eigenvalue weighted by atomic mass is 35.5. The molecule has 2 aromatic heterocycles. The predicted molar refractivity (Wildman–Crippen MR) is 120 cm³/mol. The fourth-order valence-electron chi connectivity index (χ4n) is 3.24. The number of nitrogens with one attached hydrogen (secondary N) is 1. The molecule has 1 amide bonds. The highest BCUT2D eigenvalue weighted by Gasteiger charge is 2.24. The first-order valence-electron chi connectivity index (χ1n) is 9.69. The molecule has 0 saturated carbocycles. The van der Waals surface area contributed by atoms with Crippen LogP contribution in [0, 0.1) is 12.7 Å². The van der Waals surface area contributed by atoms with E-state index in [4.69, 9.17) is 16.3 Å². The van der Waals surface area contributed by atoms with Crippen molar-refractivity contribution in [1.82, 2.24) is 14.5 Å². The molecule has 12 heteroatoms. The van der Waals surface area contributed by atoms with Crippen molar-refractivity contribution in [3.63, 3.8) is 0 Å². The van der Waals surface area contributed by atoms with Crippen LogP contribution >= 0.6 is 22.9 Å². The molecule has 0 spiro atoms. The van der Waals surface area contributed by atoms with E-state index in [9.17, 15) is 17.6 Å². The van der Waals surface area contributed by atoms with Gasteiger partial charge >= 0.3 is 0 Å². The first kappa shape index (κ1) is 22.7. The largest absolute Gasteiger partial charge is 0.378 e. The number of morpholine rings is 1. The smallest absolute Gasteiger partial charge is 0.263 e. The number of rotatable bonds is 6. The monoisotopic (exact) mass is 498 g/mol. The first-order valence-corrected chi connectivity index (χ1v) is 12.4. The molecular formula is C20H20ClFN4O4S2. The highest BCUT2D eigenvalue weighted by molar-refractivity contribution is 7.92. The Labute approximate surface area is 193 Å². The molecule has 1 fully saturated rings. The van der Waals surface area contributed by atoms with Crippen LogP contribution in [0.25, 0.3) is 10.7 Å². The van der Waals surface area contributed by atoms with E-state index in [0.29, 0.717) is 37.0 Å². The number of nitrogens with zero attached hydrogens (tertiary/aromatic N) is 3. The van der Waals surface area contributed by atoms with E-state index < -0.39 is 15.8 Å². The molecule has 0 radical (unpaired) electrons. The Balaban J connectivity index is 1.66. The number of carbonyl (C=O) groups excluding carboxylic acids is 1. The average molecular weight is 499 g/mol. The van der Waals surface area contributed by atoms with Crippen LogP contribution in [0.1, 0.15) is 5.69 Å². The summed E-state index contributed by atoms with van der Waals surface area (Å²) in [5.41, 5.74) is 1.43. The highest BCUT2D eigenvalue weighted by Crippen LogP contribution is 2.29. The standard InChI is InChI=1S/C20H20ClFN4O4S2/c1-13-12-31-20(23-13)18-9-15(10-26(18)11-19(27)25-4-6-30-7-5-25)32(28,29)24-14-2-3-17(22)16(21)8-14/h2-3,8-10,12,24H,4-7,11H2,1H3. The Hall–Kier alpha value is -2.47. The molecule has 1 aliphatic rings. The van der Waals surface area contributed by atoms with Crippen molar-refractivity contribution in [3.05, 3.63) is 52.4 Å². The zero-order valence-corrected chi connectivity index (χ0v) is 19.4. The van der Waals surface area contributed by atoms with Gasteiger partial charge in [-0.25, -0.2) is 17.8 Å². The van der Waals surface area contributed by atoms with Gasteiger partial charge in [0.15, 0.2) is 0 Å². The van der Waals surface area contributed by atoms with Crippen molar-refractivity contribution in [2.45, 2.75) is 18.4 Å². The lowest BCUT2D eigenvalue weighted by molar-refractivity contribution is -0.135. The molecule has 0 atom stereocenters. The van der Waals surface area contributed by atoms with Crippen LogP contribution in [-0.2, 0) is 26.1 Å². The molecule has 1 saturated heterocycles. The first-order chi connectivity index (χ1) is 15.2. The Morgan fingerprint density at radius 2 is 2.06 bits per heavy atom. The van der Waals surface area contributed by atoms with Crippen molar-refractivity contribution < 1.29 is 22.3 Å². The van der Waals surface area contributed by atoms with Crippen molar-refractivity contribution in [3.8, 4) is 10.7 Å². The lowest BCUT2D eigenvalue weighted by Crippen LogP contribution is -2.42. The lowest BCUT2D eigenvalue weighted by Gasteiger charge is -2.27. The second-order valence-electron chi connectivity index (χ2n) is 7.21. The molecule has 32 heavy (non-hydrogen) atoms. The van der Waals surface area contributed by atoms with Crippen molar-refractivity contribution in [2.24, 2.45) is 0 Å². The Morgan fingerprint density at radius 1 is 1.31 bits per heavy atom. The van der Waals surface area contributed by atoms with E-state index >= 15 is 0 Å². The fourth-order valence-corrected chi connectivity index (χ4v) is 5.34. The molecule has 8 nitrogen and oxygen atoms in total. The molecule has 4 rings (SSSR count). The van der Waals surface area contributed by atoms with Crippen LogP contribution < -0.4 is 4.72 Å². The molecule has 170 valence electrons. The molecule has 1 aromatic carbocycles. The third kappa shape index (κ3) is 4.96. The molecule has 3 aromatic rings. The molecule has 0 unspecified atom stereocenters. The topological polar surface area (TPSA) is 93.5 Å². The number of anilines is 1. The molecule has 0 bridgehead atoms. The second-order valence-corrected chi connectivity index (χ2v) is 10.2. The van der Waals surface area contributed by atoms with Gasteiger partial charge in [0.25, 0.3) is 10.0 Å². The molecular weight excluding hydrogens is 479 g/mol. The van der Waals surface area contributed by atoms with Crippen LogP contribution in [0.3, 0.4) is 0 Å². The van der Waals surface area contributed by atoms with Crippen LogP contribution in [-0.4, -0.2) is 55.1 Å². The summed E-state index contributed by atoms with van der Waals surface area (Å²) in [7, 11) is -4.03. The summed E-state index contributed by atoms with van der Waals surface area (Å²) >= 11 is 7.12.